The molecule has 2 N–H and O–H groups in total. The van der Waals surface area contributed by atoms with E-state index in [1.54, 1.807) is 24.6 Å². The van der Waals surface area contributed by atoms with Crippen molar-refractivity contribution in [3.63, 3.8) is 0 Å². The van der Waals surface area contributed by atoms with Crippen LogP contribution in [0.1, 0.15) is 23.2 Å². The third kappa shape index (κ3) is 3.86. The number of benzene rings is 1. The molecule has 0 unspecified atom stereocenters. The van der Waals surface area contributed by atoms with Crippen molar-refractivity contribution in [1.82, 2.24) is 15.6 Å². The average molecular weight is 320 g/mol. The summed E-state index contributed by atoms with van der Waals surface area (Å²) in [5.74, 6) is 0.373. The Balaban J connectivity index is 1.61. The first-order valence-corrected chi connectivity index (χ1v) is 7.38. The maximum atomic E-state index is 12.1. The van der Waals surface area contributed by atoms with Gasteiger partial charge in [0.25, 0.3) is 5.91 Å². The second kappa shape index (κ2) is 7.23. The molecular formula is C18H16N4O2. The fourth-order valence-corrected chi connectivity index (χ4v) is 2.08. The highest BCUT2D eigenvalue weighted by molar-refractivity contribution is 5.94. The lowest BCUT2D eigenvalue weighted by atomic mass is 10.1. The summed E-state index contributed by atoms with van der Waals surface area (Å²) in [6, 6.07) is 15.0. The molecule has 24 heavy (non-hydrogen) atoms. The van der Waals surface area contributed by atoms with Crippen LogP contribution in [-0.2, 0) is 0 Å². The van der Waals surface area contributed by atoms with E-state index in [0.29, 0.717) is 11.4 Å². The third-order valence-corrected chi connectivity index (χ3v) is 3.24. The molecule has 2 heterocycles. The molecule has 0 aliphatic heterocycles. The molecular weight excluding hydrogens is 304 g/mol. The van der Waals surface area contributed by atoms with Crippen LogP contribution in [0.25, 0.3) is 17.3 Å². The molecule has 0 saturated heterocycles. The Hall–Kier alpha value is -3.41. The number of H-pyrrole nitrogens is 1. The van der Waals surface area contributed by atoms with Gasteiger partial charge in [-0.1, -0.05) is 30.3 Å². The van der Waals surface area contributed by atoms with Crippen LogP contribution in [0.15, 0.2) is 69.9 Å². The molecule has 0 fully saturated rings. The van der Waals surface area contributed by atoms with E-state index in [1.807, 2.05) is 49.4 Å². The molecule has 120 valence electrons. The minimum Gasteiger partial charge on any atom is -0.465 e. The van der Waals surface area contributed by atoms with Crippen molar-refractivity contribution in [2.75, 3.05) is 0 Å². The summed E-state index contributed by atoms with van der Waals surface area (Å²) in [4.78, 5) is 12.1. The summed E-state index contributed by atoms with van der Waals surface area (Å²) in [5, 5.41) is 10.8. The SMILES string of the molecule is CC(C=NNC(=O)c1cc(-c2ccccc2)n[nH]1)=Cc1ccco1. The van der Waals surface area contributed by atoms with Gasteiger partial charge in [-0.05, 0) is 36.8 Å². The Morgan fingerprint density at radius 2 is 2.08 bits per heavy atom. The maximum Gasteiger partial charge on any atom is 0.289 e. The van der Waals surface area contributed by atoms with E-state index in [9.17, 15) is 4.79 Å². The minimum atomic E-state index is -0.355. The monoisotopic (exact) mass is 320 g/mol. The normalized spacial score (nSPS) is 11.8. The van der Waals surface area contributed by atoms with Gasteiger partial charge < -0.3 is 4.42 Å². The fraction of sp³-hybridized carbons (Fsp3) is 0.0556. The van der Waals surface area contributed by atoms with E-state index in [0.717, 1.165) is 16.9 Å². The van der Waals surface area contributed by atoms with Crippen molar-refractivity contribution in [3.8, 4) is 11.3 Å². The zero-order chi connectivity index (χ0) is 16.8. The summed E-state index contributed by atoms with van der Waals surface area (Å²) in [6.07, 6.45) is 4.97. The quantitative estimate of drug-likeness (QED) is 0.557. The largest absolute Gasteiger partial charge is 0.465 e. The van der Waals surface area contributed by atoms with E-state index in [1.165, 1.54) is 0 Å². The number of hydrazone groups is 1. The second-order valence-electron chi connectivity index (χ2n) is 5.14. The van der Waals surface area contributed by atoms with Gasteiger partial charge >= 0.3 is 0 Å². The standard InChI is InChI=1S/C18H16N4O2/c1-13(10-15-8-5-9-24-15)12-19-22-18(23)17-11-16(20-21-17)14-6-3-2-4-7-14/h2-12H,1H3,(H,20,21)(H,22,23). The van der Waals surface area contributed by atoms with Crippen LogP contribution >= 0.6 is 0 Å². The van der Waals surface area contributed by atoms with Crippen molar-refractivity contribution in [2.45, 2.75) is 6.92 Å². The highest BCUT2D eigenvalue weighted by Gasteiger charge is 2.09. The molecule has 0 aliphatic carbocycles. The number of hydrogen-bond acceptors (Lipinski definition) is 4. The van der Waals surface area contributed by atoms with E-state index in [4.69, 9.17) is 4.42 Å². The molecule has 0 aliphatic rings. The number of hydrogen-bond donors (Lipinski definition) is 2. The number of nitrogens with zero attached hydrogens (tertiary/aromatic N) is 2. The Labute approximate surface area is 138 Å². The molecule has 2 aromatic heterocycles. The molecule has 0 atom stereocenters. The topological polar surface area (TPSA) is 83.3 Å². The first kappa shape index (κ1) is 15.5. The second-order valence-corrected chi connectivity index (χ2v) is 5.14. The van der Waals surface area contributed by atoms with Crippen LogP contribution in [0.2, 0.25) is 0 Å². The first-order chi connectivity index (χ1) is 11.7. The Morgan fingerprint density at radius 1 is 1.25 bits per heavy atom. The summed E-state index contributed by atoms with van der Waals surface area (Å²) >= 11 is 0. The molecule has 0 saturated carbocycles. The van der Waals surface area contributed by atoms with E-state index < -0.39 is 0 Å². The Bertz CT molecular complexity index is 862. The molecule has 0 bridgehead atoms. The van der Waals surface area contributed by atoms with Gasteiger partial charge in [0.2, 0.25) is 0 Å². The van der Waals surface area contributed by atoms with Crippen molar-refractivity contribution in [3.05, 3.63) is 71.8 Å². The summed E-state index contributed by atoms with van der Waals surface area (Å²) in [5.41, 5.74) is 5.30. The van der Waals surface area contributed by atoms with Gasteiger partial charge in [0.05, 0.1) is 18.2 Å². The molecule has 3 aromatic rings. The zero-order valence-electron chi connectivity index (χ0n) is 13.1. The van der Waals surface area contributed by atoms with Crippen LogP contribution in [0, 0.1) is 0 Å². The van der Waals surface area contributed by atoms with Gasteiger partial charge in [-0.2, -0.15) is 10.2 Å². The lowest BCUT2D eigenvalue weighted by Crippen LogP contribution is -2.17. The number of furan rings is 1. The van der Waals surface area contributed by atoms with Gasteiger partial charge in [-0.15, -0.1) is 0 Å². The minimum absolute atomic E-state index is 0.346. The van der Waals surface area contributed by atoms with E-state index >= 15 is 0 Å². The van der Waals surface area contributed by atoms with Crippen molar-refractivity contribution < 1.29 is 9.21 Å². The predicted molar refractivity (Wildman–Crippen MR) is 92.3 cm³/mol. The smallest absolute Gasteiger partial charge is 0.289 e. The molecule has 1 aromatic carbocycles. The van der Waals surface area contributed by atoms with E-state index in [2.05, 4.69) is 20.7 Å². The highest BCUT2D eigenvalue weighted by atomic mass is 16.3. The Morgan fingerprint density at radius 3 is 2.83 bits per heavy atom. The van der Waals surface area contributed by atoms with Gasteiger partial charge in [0, 0.05) is 5.56 Å². The number of allylic oxidation sites excluding steroid dienone is 1. The van der Waals surface area contributed by atoms with Crippen LogP contribution in [0.5, 0.6) is 0 Å². The number of rotatable bonds is 5. The highest BCUT2D eigenvalue weighted by Crippen LogP contribution is 2.16. The van der Waals surface area contributed by atoms with Gasteiger partial charge in [0.15, 0.2) is 0 Å². The average Bonchev–Trinajstić information content (AvgIpc) is 3.27. The summed E-state index contributed by atoms with van der Waals surface area (Å²) < 4.78 is 5.21. The number of aromatic amines is 1. The van der Waals surface area contributed by atoms with Crippen molar-refractivity contribution >= 4 is 18.2 Å². The molecule has 3 rings (SSSR count). The summed E-state index contributed by atoms with van der Waals surface area (Å²) in [7, 11) is 0. The zero-order valence-corrected chi connectivity index (χ0v) is 13.1. The number of nitrogens with one attached hydrogen (secondary N) is 2. The fourth-order valence-electron chi connectivity index (χ4n) is 2.08. The number of amides is 1. The van der Waals surface area contributed by atoms with Crippen LogP contribution in [0.4, 0.5) is 0 Å². The summed E-state index contributed by atoms with van der Waals surface area (Å²) in [6.45, 7) is 1.86. The number of aromatic nitrogens is 2. The van der Waals surface area contributed by atoms with Crippen molar-refractivity contribution in [2.24, 2.45) is 5.10 Å². The third-order valence-electron chi connectivity index (χ3n) is 3.24. The molecule has 0 spiro atoms. The molecule has 0 radical (unpaired) electrons. The molecule has 6 heteroatoms. The first-order valence-electron chi connectivity index (χ1n) is 7.38. The maximum absolute atomic E-state index is 12.1. The van der Waals surface area contributed by atoms with E-state index in [-0.39, 0.29) is 5.91 Å². The lowest BCUT2D eigenvalue weighted by Gasteiger charge is -1.96. The van der Waals surface area contributed by atoms with Crippen LogP contribution < -0.4 is 5.43 Å². The van der Waals surface area contributed by atoms with Crippen molar-refractivity contribution in [1.29, 1.82) is 0 Å². The molecule has 6 nitrogen and oxygen atoms in total. The lowest BCUT2D eigenvalue weighted by molar-refractivity contribution is 0.0950. The Kier molecular flexibility index (Phi) is 4.67. The number of carbonyl (C=O) groups excluding carboxylic acids is 1. The van der Waals surface area contributed by atoms with Gasteiger partial charge in [-0.25, -0.2) is 5.43 Å². The van der Waals surface area contributed by atoms with Gasteiger partial charge in [-0.3, -0.25) is 9.89 Å². The predicted octanol–water partition coefficient (Wildman–Crippen LogP) is 3.49. The van der Waals surface area contributed by atoms with Gasteiger partial charge in [0.1, 0.15) is 11.5 Å². The molecule has 1 amide bonds. The van der Waals surface area contributed by atoms with Crippen LogP contribution in [-0.4, -0.2) is 22.3 Å². The van der Waals surface area contributed by atoms with Crippen LogP contribution in [0.3, 0.4) is 0 Å². The number of carbonyl (C=O) groups is 1.